The number of aliphatic hydroxyl groups is 1. The van der Waals surface area contributed by atoms with Crippen LogP contribution in [-0.2, 0) is 19.4 Å². The number of phenolic OH excluding ortho intramolecular Hbond substituents is 1. The van der Waals surface area contributed by atoms with Gasteiger partial charge in [-0.25, -0.2) is 4.79 Å². The molecule has 1 amide bonds. The van der Waals surface area contributed by atoms with Gasteiger partial charge in [-0.15, -0.1) is 0 Å². The van der Waals surface area contributed by atoms with Crippen LogP contribution in [0.2, 0.25) is 0 Å². The maximum absolute atomic E-state index is 12.9. The van der Waals surface area contributed by atoms with Gasteiger partial charge in [0.2, 0.25) is 0 Å². The highest BCUT2D eigenvalue weighted by molar-refractivity contribution is 9.11. The highest BCUT2D eigenvalue weighted by Gasteiger charge is 2.28. The van der Waals surface area contributed by atoms with E-state index in [0.29, 0.717) is 26.7 Å². The summed E-state index contributed by atoms with van der Waals surface area (Å²) in [6.07, 6.45) is 0.658. The van der Waals surface area contributed by atoms with Gasteiger partial charge in [-0.05, 0) is 87.0 Å². The third-order valence-corrected chi connectivity index (χ3v) is 6.60. The molecule has 0 fully saturated rings. The van der Waals surface area contributed by atoms with Crippen molar-refractivity contribution >= 4 is 52.2 Å². The molecule has 0 aliphatic rings. The normalized spacial score (nSPS) is 13.9. The van der Waals surface area contributed by atoms with Crippen molar-refractivity contribution in [1.82, 2.24) is 5.32 Å². The van der Waals surface area contributed by atoms with E-state index in [0.717, 1.165) is 0 Å². The zero-order chi connectivity index (χ0) is 25.6. The first kappa shape index (κ1) is 28.2. The molecular formula is C23H26Br2NO7P. The van der Waals surface area contributed by atoms with Crippen LogP contribution in [0.5, 0.6) is 17.2 Å². The molecule has 2 aromatic carbocycles. The average molecular weight is 619 g/mol. The predicted molar refractivity (Wildman–Crippen MR) is 135 cm³/mol. The van der Waals surface area contributed by atoms with Crippen LogP contribution in [0.3, 0.4) is 0 Å². The number of ether oxygens (including phenoxy) is 2. The Kier molecular flexibility index (Phi) is 10.1. The Hall–Kier alpha value is -2.00. The van der Waals surface area contributed by atoms with Crippen LogP contribution in [0.15, 0.2) is 39.3 Å². The maximum atomic E-state index is 12.9. The smallest absolute Gasteiger partial charge is 0.328 e. The van der Waals surface area contributed by atoms with E-state index in [2.05, 4.69) is 37.2 Å². The van der Waals surface area contributed by atoms with E-state index in [9.17, 15) is 24.4 Å². The Morgan fingerprint density at radius 3 is 2.32 bits per heavy atom. The van der Waals surface area contributed by atoms with Gasteiger partial charge in [0.15, 0.2) is 19.6 Å². The van der Waals surface area contributed by atoms with Gasteiger partial charge in [0.1, 0.15) is 17.5 Å². The molecule has 3 N–H and O–H groups in total. The molecule has 0 aromatic heterocycles. The number of amides is 1. The van der Waals surface area contributed by atoms with Crippen LogP contribution in [0, 0.1) is 5.92 Å². The lowest BCUT2D eigenvalue weighted by Gasteiger charge is -2.21. The second-order valence-electron chi connectivity index (χ2n) is 8.02. The van der Waals surface area contributed by atoms with Crippen LogP contribution in [0.1, 0.15) is 50.0 Å². The number of benzene rings is 2. The molecule has 0 aliphatic carbocycles. The zero-order valence-electron chi connectivity index (χ0n) is 19.1. The molecule has 0 heterocycles. The number of esters is 1. The van der Waals surface area contributed by atoms with E-state index >= 15 is 0 Å². The summed E-state index contributed by atoms with van der Waals surface area (Å²) >= 11 is 6.75. The van der Waals surface area contributed by atoms with Crippen molar-refractivity contribution in [3.05, 3.63) is 50.4 Å². The fraction of sp³-hybridized carbons (Fsp3) is 0.391. The van der Waals surface area contributed by atoms with Gasteiger partial charge in [0.05, 0.1) is 21.1 Å². The van der Waals surface area contributed by atoms with Gasteiger partial charge >= 0.3 is 5.97 Å². The Morgan fingerprint density at radius 1 is 1.18 bits per heavy atom. The maximum Gasteiger partial charge on any atom is 0.328 e. The number of phenols is 1. The minimum absolute atomic E-state index is 0.0802. The number of aromatic hydroxyl groups is 1. The summed E-state index contributed by atoms with van der Waals surface area (Å²) in [4.78, 5) is 25.2. The first-order valence-electron chi connectivity index (χ1n) is 10.5. The van der Waals surface area contributed by atoms with Crippen molar-refractivity contribution in [2.75, 3.05) is 6.61 Å². The third-order valence-electron chi connectivity index (χ3n) is 4.81. The lowest BCUT2D eigenvalue weighted by atomic mass is 10.0. The Balaban J connectivity index is 2.31. The zero-order valence-corrected chi connectivity index (χ0v) is 23.2. The molecule has 184 valence electrons. The second-order valence-corrected chi connectivity index (χ2v) is 10.8. The van der Waals surface area contributed by atoms with Crippen molar-refractivity contribution in [3.8, 4) is 17.2 Å². The molecule has 0 spiro atoms. The standard InChI is InChI=1S/C23H26Br2NO7P/c1-5-8-32-22(29)19(12(2)3)26-21(28)15-11-14(6-7-18(15)27)33-20-16(24)9-13(10-17(20)25)23(4,30)34-31/h6-7,9-12,19,27,30H,5,8H2,1-4H3,(H,26,28). The highest BCUT2D eigenvalue weighted by atomic mass is 79.9. The quantitative estimate of drug-likeness (QED) is 0.225. The number of nitrogens with one attached hydrogen (secondary N) is 1. The van der Waals surface area contributed by atoms with E-state index in [4.69, 9.17) is 9.47 Å². The van der Waals surface area contributed by atoms with Crippen LogP contribution >= 0.6 is 40.3 Å². The molecular weight excluding hydrogens is 593 g/mol. The SMILES string of the molecule is CCCOC(=O)C(NC(=O)c1cc(Oc2c(Br)cc(C(C)(O)P=O)cc2Br)ccc1O)C(C)C. The summed E-state index contributed by atoms with van der Waals surface area (Å²) in [7, 11) is -0.463. The molecule has 0 saturated carbocycles. The predicted octanol–water partition coefficient (Wildman–Crippen LogP) is 5.87. The fourth-order valence-corrected chi connectivity index (χ4v) is 4.45. The van der Waals surface area contributed by atoms with Gasteiger partial charge in [0.25, 0.3) is 5.91 Å². The van der Waals surface area contributed by atoms with Crippen molar-refractivity contribution in [1.29, 1.82) is 0 Å². The Labute approximate surface area is 216 Å². The molecule has 2 aromatic rings. The Bertz CT molecular complexity index is 1050. The van der Waals surface area contributed by atoms with Gasteiger partial charge in [-0.2, -0.15) is 0 Å². The van der Waals surface area contributed by atoms with Gasteiger partial charge in [-0.1, -0.05) is 20.8 Å². The number of hydrogen-bond donors (Lipinski definition) is 3. The van der Waals surface area contributed by atoms with E-state index in [1.54, 1.807) is 26.0 Å². The number of halogens is 2. The van der Waals surface area contributed by atoms with Crippen LogP contribution in [-0.4, -0.2) is 34.7 Å². The third kappa shape index (κ3) is 7.01. The molecule has 2 rings (SSSR count). The summed E-state index contributed by atoms with van der Waals surface area (Å²) in [6, 6.07) is 6.37. The van der Waals surface area contributed by atoms with Crippen molar-refractivity contribution in [3.63, 3.8) is 0 Å². The summed E-state index contributed by atoms with van der Waals surface area (Å²) in [5.41, 5.74) is 0.305. The first-order valence-corrected chi connectivity index (χ1v) is 12.9. The summed E-state index contributed by atoms with van der Waals surface area (Å²) in [5, 5.41) is 21.5. The van der Waals surface area contributed by atoms with E-state index < -0.39 is 31.7 Å². The number of carbonyl (C=O) groups is 2. The summed E-state index contributed by atoms with van der Waals surface area (Å²) in [6.45, 7) is 7.08. The molecule has 0 radical (unpaired) electrons. The summed E-state index contributed by atoms with van der Waals surface area (Å²) < 4.78 is 23.2. The minimum atomic E-state index is -1.58. The highest BCUT2D eigenvalue weighted by Crippen LogP contribution is 2.42. The van der Waals surface area contributed by atoms with Gasteiger partial charge < -0.3 is 25.0 Å². The van der Waals surface area contributed by atoms with E-state index in [1.807, 2.05) is 6.92 Å². The summed E-state index contributed by atoms with van der Waals surface area (Å²) in [5.74, 6) is -1.14. The second kappa shape index (κ2) is 12.1. The lowest BCUT2D eigenvalue weighted by Crippen LogP contribution is -2.45. The number of hydrogen-bond acceptors (Lipinski definition) is 7. The molecule has 2 unspecified atom stereocenters. The van der Waals surface area contributed by atoms with Gasteiger partial charge in [0, 0.05) is 0 Å². The van der Waals surface area contributed by atoms with Gasteiger partial charge in [-0.3, -0.25) is 9.36 Å². The molecule has 0 saturated heterocycles. The van der Waals surface area contributed by atoms with Crippen LogP contribution in [0.25, 0.3) is 0 Å². The minimum Gasteiger partial charge on any atom is -0.507 e. The van der Waals surface area contributed by atoms with E-state index in [1.165, 1.54) is 25.1 Å². The Morgan fingerprint density at radius 2 is 1.79 bits per heavy atom. The van der Waals surface area contributed by atoms with Crippen LogP contribution < -0.4 is 10.1 Å². The molecule has 8 nitrogen and oxygen atoms in total. The fourth-order valence-electron chi connectivity index (χ4n) is 2.87. The van der Waals surface area contributed by atoms with Crippen LogP contribution in [0.4, 0.5) is 0 Å². The number of carbonyl (C=O) groups excluding carboxylic acids is 2. The van der Waals surface area contributed by atoms with Crippen molar-refractivity contribution in [2.24, 2.45) is 5.92 Å². The lowest BCUT2D eigenvalue weighted by molar-refractivity contribution is -0.147. The molecule has 11 heteroatoms. The first-order chi connectivity index (χ1) is 15.9. The average Bonchev–Trinajstić information content (AvgIpc) is 2.78. The topological polar surface area (TPSA) is 122 Å². The largest absolute Gasteiger partial charge is 0.507 e. The van der Waals surface area contributed by atoms with Crippen molar-refractivity contribution < 1.29 is 33.8 Å². The molecule has 34 heavy (non-hydrogen) atoms. The monoisotopic (exact) mass is 617 g/mol. The molecule has 0 bridgehead atoms. The molecule has 0 aliphatic heterocycles. The number of rotatable bonds is 10. The molecule has 2 atom stereocenters. The van der Waals surface area contributed by atoms with Crippen molar-refractivity contribution in [2.45, 2.75) is 45.5 Å². The van der Waals surface area contributed by atoms with E-state index in [-0.39, 0.29) is 29.6 Å².